The molecular formula is C39H36N4OZn. The van der Waals surface area contributed by atoms with Crippen LogP contribution in [0.2, 0.25) is 0 Å². The molecule has 2 aliphatic heterocycles. The van der Waals surface area contributed by atoms with Crippen LogP contribution in [0.3, 0.4) is 0 Å². The maximum absolute atomic E-state index is 11.5. The van der Waals surface area contributed by atoms with E-state index in [9.17, 15) is 5.11 Å². The fourth-order valence-corrected chi connectivity index (χ4v) is 6.65. The molecule has 0 radical (unpaired) electrons. The normalized spacial score (nSPS) is 15.2. The third-order valence-corrected chi connectivity index (χ3v) is 9.13. The van der Waals surface area contributed by atoms with E-state index in [0.29, 0.717) is 5.69 Å². The second-order valence-corrected chi connectivity index (χ2v) is 12.9. The Morgan fingerprint density at radius 2 is 1.24 bits per heavy atom. The van der Waals surface area contributed by atoms with E-state index in [1.807, 2.05) is 39.0 Å². The first-order chi connectivity index (χ1) is 21.0. The number of aliphatic hydroxyl groups is 1. The van der Waals surface area contributed by atoms with E-state index in [1.54, 1.807) is 0 Å². The molecule has 0 spiro atoms. The van der Waals surface area contributed by atoms with E-state index < -0.39 is 11.5 Å². The molecule has 1 atom stereocenters. The standard InChI is InChI=1S/C39H36N4O.Zn/c1-21-8-10-26(11-9-21)35-29-13-12-27(40-29)20-33-39(6,7)38(44)37(43-33)25(5)28-14-15-31(41-28)36(32-17-16-30(35)42-32)34-23(3)18-22(2)19-24(34)4;/h8-20,38,44H,1-7H3;/q-2;+2. The van der Waals surface area contributed by atoms with Gasteiger partial charge in [-0.2, -0.15) is 0 Å². The second kappa shape index (κ2) is 11.4. The summed E-state index contributed by atoms with van der Waals surface area (Å²) < 4.78 is 0. The molecule has 8 bridgehead atoms. The van der Waals surface area contributed by atoms with Crippen molar-refractivity contribution in [3.8, 4) is 22.3 Å². The Bertz CT molecular complexity index is 2140. The van der Waals surface area contributed by atoms with Crippen LogP contribution in [0.4, 0.5) is 0 Å². The Morgan fingerprint density at radius 1 is 0.644 bits per heavy atom. The maximum Gasteiger partial charge on any atom is 2.00 e. The molecular weight excluding hydrogens is 606 g/mol. The number of hydrogen-bond acceptors (Lipinski definition) is 3. The number of fused-ring (bicyclic) bond motifs is 8. The number of hydrogen-bond donors (Lipinski definition) is 1. The Kier molecular flexibility index (Phi) is 7.79. The number of aliphatic hydroxyl groups excluding tert-OH is 1. The summed E-state index contributed by atoms with van der Waals surface area (Å²) in [6.45, 7) is 14.6. The van der Waals surface area contributed by atoms with Gasteiger partial charge in [0, 0.05) is 11.1 Å². The van der Waals surface area contributed by atoms with Crippen LogP contribution in [-0.4, -0.2) is 15.1 Å². The van der Waals surface area contributed by atoms with Crippen molar-refractivity contribution in [1.82, 2.24) is 19.9 Å². The van der Waals surface area contributed by atoms with Crippen LogP contribution in [0.15, 0.2) is 66.7 Å². The molecule has 5 aromatic rings. The van der Waals surface area contributed by atoms with Gasteiger partial charge in [0.05, 0.1) is 17.1 Å². The van der Waals surface area contributed by atoms with Gasteiger partial charge in [-0.25, -0.2) is 4.98 Å². The van der Waals surface area contributed by atoms with Crippen LogP contribution in [0.25, 0.3) is 56.5 Å². The average molecular weight is 642 g/mol. The predicted octanol–water partition coefficient (Wildman–Crippen LogP) is 8.63. The van der Waals surface area contributed by atoms with Crippen LogP contribution in [0.5, 0.6) is 0 Å². The molecule has 1 N–H and O–H groups in total. The zero-order valence-corrected chi connectivity index (χ0v) is 30.0. The summed E-state index contributed by atoms with van der Waals surface area (Å²) in [6, 6.07) is 23.1. The van der Waals surface area contributed by atoms with E-state index in [1.165, 1.54) is 22.3 Å². The Hall–Kier alpha value is -4.12. The molecule has 2 aromatic carbocycles. The Balaban J connectivity index is 0.00000357. The van der Waals surface area contributed by atoms with Crippen LogP contribution in [-0.2, 0) is 24.9 Å². The third kappa shape index (κ3) is 5.20. The van der Waals surface area contributed by atoms with E-state index in [0.717, 1.165) is 67.0 Å². The number of aromatic nitrogens is 4. The van der Waals surface area contributed by atoms with Gasteiger partial charge in [0.2, 0.25) is 0 Å². The smallest absolute Gasteiger partial charge is 0.657 e. The molecule has 1 unspecified atom stereocenters. The van der Waals surface area contributed by atoms with Gasteiger partial charge >= 0.3 is 19.5 Å². The van der Waals surface area contributed by atoms with Crippen LogP contribution in [0, 0.1) is 34.6 Å². The van der Waals surface area contributed by atoms with Gasteiger partial charge in [-0.05, 0) is 85.7 Å². The molecule has 7 rings (SSSR count). The summed E-state index contributed by atoms with van der Waals surface area (Å²) >= 11 is 0. The number of rotatable bonds is 2. The predicted molar refractivity (Wildman–Crippen MR) is 180 cm³/mol. The van der Waals surface area contributed by atoms with Crippen molar-refractivity contribution in [2.24, 2.45) is 0 Å². The quantitative estimate of drug-likeness (QED) is 0.192. The molecule has 45 heavy (non-hydrogen) atoms. The minimum atomic E-state index is -0.766. The minimum absolute atomic E-state index is 0. The Morgan fingerprint density at radius 3 is 1.93 bits per heavy atom. The first-order valence-corrected chi connectivity index (χ1v) is 15.2. The molecule has 0 aliphatic carbocycles. The molecule has 0 fully saturated rings. The summed E-state index contributed by atoms with van der Waals surface area (Å²) in [7, 11) is 0. The number of nitrogens with zero attached hydrogens (tertiary/aromatic N) is 4. The SMILES string of the molecule is Cc1ccc(-c2c3nc(c(-c4c(C)cc(C)cc4C)c4ccc([n-]4)c(C)c4nc(cc5ccc2[n-]5)C(C)(C)C4O)C=C3)cc1.[Zn+2]. The van der Waals surface area contributed by atoms with Crippen molar-refractivity contribution >= 4 is 34.2 Å². The van der Waals surface area contributed by atoms with Gasteiger partial charge in [0.25, 0.3) is 0 Å². The van der Waals surface area contributed by atoms with Crippen molar-refractivity contribution in [1.29, 1.82) is 0 Å². The Labute approximate surface area is 277 Å². The average Bonchev–Trinajstić information content (AvgIpc) is 3.77. The molecule has 5 nitrogen and oxygen atoms in total. The summed E-state index contributed by atoms with van der Waals surface area (Å²) in [5.74, 6) is 0. The van der Waals surface area contributed by atoms with Gasteiger partial charge in [-0.3, -0.25) is 4.98 Å². The zero-order valence-electron chi connectivity index (χ0n) is 27.0. The minimum Gasteiger partial charge on any atom is -0.657 e. The third-order valence-electron chi connectivity index (χ3n) is 9.13. The first-order valence-electron chi connectivity index (χ1n) is 15.2. The van der Waals surface area contributed by atoms with Crippen LogP contribution in [0.1, 0.15) is 70.5 Å². The number of benzene rings is 2. The van der Waals surface area contributed by atoms with Gasteiger partial charge < -0.3 is 15.1 Å². The van der Waals surface area contributed by atoms with Gasteiger partial charge in [-0.15, -0.1) is 22.1 Å². The van der Waals surface area contributed by atoms with Crippen LogP contribution >= 0.6 is 0 Å². The van der Waals surface area contributed by atoms with Crippen molar-refractivity contribution < 1.29 is 24.6 Å². The molecule has 3 aromatic heterocycles. The van der Waals surface area contributed by atoms with E-state index >= 15 is 0 Å². The van der Waals surface area contributed by atoms with Crippen LogP contribution < -0.4 is 9.97 Å². The monoisotopic (exact) mass is 640 g/mol. The van der Waals surface area contributed by atoms with Gasteiger partial charge in [0.15, 0.2) is 0 Å². The van der Waals surface area contributed by atoms with Crippen molar-refractivity contribution in [3.05, 3.63) is 117 Å². The number of aryl methyl sites for hydroxylation is 5. The molecule has 6 heteroatoms. The van der Waals surface area contributed by atoms with Crippen molar-refractivity contribution in [2.45, 2.75) is 60.0 Å². The largest absolute Gasteiger partial charge is 2.00 e. The molecule has 2 aliphatic rings. The van der Waals surface area contributed by atoms with E-state index in [-0.39, 0.29) is 19.5 Å². The summed E-state index contributed by atoms with van der Waals surface area (Å²) in [5.41, 5.74) is 15.7. The molecule has 0 amide bonds. The summed E-state index contributed by atoms with van der Waals surface area (Å²) in [4.78, 5) is 20.5. The second-order valence-electron chi connectivity index (χ2n) is 12.9. The maximum atomic E-state index is 11.5. The zero-order chi connectivity index (χ0) is 30.9. The van der Waals surface area contributed by atoms with Crippen molar-refractivity contribution in [2.75, 3.05) is 0 Å². The fraction of sp³-hybridized carbons (Fsp3) is 0.231. The molecule has 0 saturated carbocycles. The molecule has 220 valence electrons. The first kappa shape index (κ1) is 30.9. The summed E-state index contributed by atoms with van der Waals surface area (Å²) in [6.07, 6.45) is 3.44. The fourth-order valence-electron chi connectivity index (χ4n) is 6.65. The van der Waals surface area contributed by atoms with Gasteiger partial charge in [-0.1, -0.05) is 91.7 Å². The van der Waals surface area contributed by atoms with Gasteiger partial charge in [0.1, 0.15) is 6.10 Å². The topological polar surface area (TPSA) is 74.2 Å². The van der Waals surface area contributed by atoms with E-state index in [4.69, 9.17) is 19.9 Å². The van der Waals surface area contributed by atoms with E-state index in [2.05, 4.69) is 88.4 Å². The molecule has 0 saturated heterocycles. The molecule has 5 heterocycles. The van der Waals surface area contributed by atoms with Crippen molar-refractivity contribution in [3.63, 3.8) is 0 Å². The summed E-state index contributed by atoms with van der Waals surface area (Å²) in [5, 5.41) is 11.5.